The van der Waals surface area contributed by atoms with Gasteiger partial charge in [-0.25, -0.2) is 0 Å². The second kappa shape index (κ2) is 4.08. The van der Waals surface area contributed by atoms with Crippen LogP contribution >= 0.6 is 0 Å². The molecule has 3 heteroatoms. The fourth-order valence-electron chi connectivity index (χ4n) is 1.73. The lowest BCUT2D eigenvalue weighted by Crippen LogP contribution is -2.42. The number of likely N-dealkylation sites (tertiary alicyclic amines) is 1. The molecule has 1 fully saturated rings. The molecule has 0 radical (unpaired) electrons. The Morgan fingerprint density at radius 2 is 2.23 bits per heavy atom. The lowest BCUT2D eigenvalue weighted by molar-refractivity contribution is 0.171. The zero-order chi connectivity index (χ0) is 9.90. The maximum atomic E-state index is 8.43. The van der Waals surface area contributed by atoms with Crippen LogP contribution in [0.1, 0.15) is 27.2 Å². The zero-order valence-corrected chi connectivity index (χ0v) is 8.80. The summed E-state index contributed by atoms with van der Waals surface area (Å²) in [5.41, 5.74) is 0.267. The minimum Gasteiger partial charge on any atom is -0.300 e. The monoisotopic (exact) mass is 181 g/mol. The maximum Gasteiger partial charge on any atom is 0.0843 e. The molecule has 0 saturated carbocycles. The van der Waals surface area contributed by atoms with Gasteiger partial charge in [0.25, 0.3) is 0 Å². The van der Waals surface area contributed by atoms with Crippen molar-refractivity contribution >= 4 is 0 Å². The van der Waals surface area contributed by atoms with Gasteiger partial charge in [-0.2, -0.15) is 5.26 Å². The summed E-state index contributed by atoms with van der Waals surface area (Å²) in [6.07, 6.45) is 1.17. The van der Waals surface area contributed by atoms with E-state index in [0.29, 0.717) is 12.6 Å². The minimum absolute atomic E-state index is 0.267. The second-order valence-electron chi connectivity index (χ2n) is 4.64. The lowest BCUT2D eigenvalue weighted by atomic mass is 10.1. The number of hydrogen-bond donors (Lipinski definition) is 1. The van der Waals surface area contributed by atoms with E-state index in [9.17, 15) is 0 Å². The second-order valence-corrected chi connectivity index (χ2v) is 4.64. The summed E-state index contributed by atoms with van der Waals surface area (Å²) in [6.45, 7) is 9.40. The molecule has 1 rings (SSSR count). The van der Waals surface area contributed by atoms with Crippen molar-refractivity contribution in [2.75, 3.05) is 19.6 Å². The summed E-state index contributed by atoms with van der Waals surface area (Å²) in [5.74, 6) is 0. The molecule has 74 valence electrons. The zero-order valence-electron chi connectivity index (χ0n) is 8.80. The Kier molecular flexibility index (Phi) is 3.29. The van der Waals surface area contributed by atoms with Gasteiger partial charge in [-0.05, 0) is 27.2 Å². The van der Waals surface area contributed by atoms with Gasteiger partial charge in [0, 0.05) is 24.7 Å². The normalized spacial score (nSPS) is 24.6. The third kappa shape index (κ3) is 2.98. The SMILES string of the molecule is CC(C)(C)N1CCC(NCC#N)C1. The Labute approximate surface area is 80.7 Å². The molecule has 1 aliphatic heterocycles. The average Bonchev–Trinajstić information content (AvgIpc) is 2.47. The summed E-state index contributed by atoms with van der Waals surface area (Å²) in [4.78, 5) is 2.46. The molecule has 0 aromatic rings. The summed E-state index contributed by atoms with van der Waals surface area (Å²) in [7, 11) is 0. The van der Waals surface area contributed by atoms with Crippen LogP contribution in [0.5, 0.6) is 0 Å². The average molecular weight is 181 g/mol. The Morgan fingerprint density at radius 1 is 1.54 bits per heavy atom. The van der Waals surface area contributed by atoms with E-state index < -0.39 is 0 Å². The highest BCUT2D eigenvalue weighted by atomic mass is 15.2. The molecule has 0 bridgehead atoms. The van der Waals surface area contributed by atoms with Crippen LogP contribution in [0.3, 0.4) is 0 Å². The van der Waals surface area contributed by atoms with Crippen molar-refractivity contribution in [3.63, 3.8) is 0 Å². The molecule has 0 aliphatic carbocycles. The van der Waals surface area contributed by atoms with Crippen LogP contribution in [0, 0.1) is 11.3 Å². The number of rotatable bonds is 2. The Bertz CT molecular complexity index is 199. The van der Waals surface area contributed by atoms with E-state index in [1.807, 2.05) is 0 Å². The molecule has 0 amide bonds. The number of nitrogens with one attached hydrogen (secondary N) is 1. The van der Waals surface area contributed by atoms with Gasteiger partial charge in [0.1, 0.15) is 0 Å². The van der Waals surface area contributed by atoms with Crippen molar-refractivity contribution < 1.29 is 0 Å². The van der Waals surface area contributed by atoms with E-state index in [2.05, 4.69) is 37.1 Å². The standard InChI is InChI=1S/C10H19N3/c1-10(2,3)13-7-4-9(8-13)12-6-5-11/h9,12H,4,6-8H2,1-3H3. The topological polar surface area (TPSA) is 39.1 Å². The van der Waals surface area contributed by atoms with E-state index in [0.717, 1.165) is 13.1 Å². The van der Waals surface area contributed by atoms with Crippen LogP contribution in [0.4, 0.5) is 0 Å². The molecule has 13 heavy (non-hydrogen) atoms. The molecule has 1 atom stereocenters. The summed E-state index contributed by atoms with van der Waals surface area (Å²) in [5, 5.41) is 11.7. The van der Waals surface area contributed by atoms with Crippen LogP contribution in [-0.2, 0) is 0 Å². The van der Waals surface area contributed by atoms with E-state index >= 15 is 0 Å². The predicted molar refractivity (Wildman–Crippen MR) is 53.3 cm³/mol. The van der Waals surface area contributed by atoms with Gasteiger partial charge in [-0.3, -0.25) is 4.90 Å². The minimum atomic E-state index is 0.267. The van der Waals surface area contributed by atoms with Crippen LogP contribution in [0.15, 0.2) is 0 Å². The van der Waals surface area contributed by atoms with Gasteiger partial charge >= 0.3 is 0 Å². The molecular formula is C10H19N3. The Morgan fingerprint density at radius 3 is 2.69 bits per heavy atom. The maximum absolute atomic E-state index is 8.43. The van der Waals surface area contributed by atoms with Crippen molar-refractivity contribution in [2.24, 2.45) is 0 Å². The van der Waals surface area contributed by atoms with Crippen molar-refractivity contribution in [1.82, 2.24) is 10.2 Å². The molecule has 0 spiro atoms. The summed E-state index contributed by atoms with van der Waals surface area (Å²) in [6, 6.07) is 2.63. The molecule has 3 nitrogen and oxygen atoms in total. The van der Waals surface area contributed by atoms with Crippen LogP contribution < -0.4 is 5.32 Å². The number of nitriles is 1. The largest absolute Gasteiger partial charge is 0.300 e. The molecule has 1 N–H and O–H groups in total. The molecule has 1 aliphatic rings. The first-order chi connectivity index (χ1) is 6.04. The number of nitrogens with zero attached hydrogens (tertiary/aromatic N) is 2. The van der Waals surface area contributed by atoms with E-state index in [-0.39, 0.29) is 5.54 Å². The van der Waals surface area contributed by atoms with Crippen molar-refractivity contribution in [2.45, 2.75) is 38.8 Å². The quantitative estimate of drug-likeness (QED) is 0.645. The van der Waals surface area contributed by atoms with Crippen molar-refractivity contribution in [1.29, 1.82) is 5.26 Å². The summed E-state index contributed by atoms with van der Waals surface area (Å²) < 4.78 is 0. The third-order valence-electron chi connectivity index (χ3n) is 2.61. The fourth-order valence-corrected chi connectivity index (χ4v) is 1.73. The molecule has 1 heterocycles. The van der Waals surface area contributed by atoms with Crippen LogP contribution in [0.25, 0.3) is 0 Å². The van der Waals surface area contributed by atoms with Gasteiger partial charge in [-0.15, -0.1) is 0 Å². The van der Waals surface area contributed by atoms with Gasteiger partial charge in [0.15, 0.2) is 0 Å². The molecule has 1 saturated heterocycles. The Balaban J connectivity index is 2.33. The van der Waals surface area contributed by atoms with Gasteiger partial charge in [0.05, 0.1) is 12.6 Å². The first-order valence-corrected chi connectivity index (χ1v) is 4.89. The highest BCUT2D eigenvalue weighted by Crippen LogP contribution is 2.20. The van der Waals surface area contributed by atoms with Crippen LogP contribution in [-0.4, -0.2) is 36.1 Å². The van der Waals surface area contributed by atoms with E-state index in [1.165, 1.54) is 6.42 Å². The van der Waals surface area contributed by atoms with E-state index in [1.54, 1.807) is 0 Å². The van der Waals surface area contributed by atoms with Crippen LogP contribution in [0.2, 0.25) is 0 Å². The summed E-state index contributed by atoms with van der Waals surface area (Å²) >= 11 is 0. The molecule has 0 aromatic heterocycles. The number of hydrogen-bond acceptors (Lipinski definition) is 3. The molecule has 1 unspecified atom stereocenters. The Hall–Kier alpha value is -0.590. The first-order valence-electron chi connectivity index (χ1n) is 4.89. The molecule has 0 aromatic carbocycles. The predicted octanol–water partition coefficient (Wildman–Crippen LogP) is 0.972. The van der Waals surface area contributed by atoms with Crippen molar-refractivity contribution in [3.8, 4) is 6.07 Å². The van der Waals surface area contributed by atoms with Gasteiger partial charge in [-0.1, -0.05) is 0 Å². The van der Waals surface area contributed by atoms with Gasteiger partial charge in [0.2, 0.25) is 0 Å². The lowest BCUT2D eigenvalue weighted by Gasteiger charge is -2.31. The highest BCUT2D eigenvalue weighted by Gasteiger charge is 2.29. The third-order valence-corrected chi connectivity index (χ3v) is 2.61. The highest BCUT2D eigenvalue weighted by molar-refractivity contribution is 4.89. The van der Waals surface area contributed by atoms with Gasteiger partial charge < -0.3 is 5.32 Å². The molecular weight excluding hydrogens is 162 g/mol. The smallest absolute Gasteiger partial charge is 0.0843 e. The van der Waals surface area contributed by atoms with Crippen molar-refractivity contribution in [3.05, 3.63) is 0 Å². The fraction of sp³-hybridized carbons (Fsp3) is 0.900. The van der Waals surface area contributed by atoms with E-state index in [4.69, 9.17) is 5.26 Å². The first kappa shape index (κ1) is 10.5.